The van der Waals surface area contributed by atoms with Crippen LogP contribution in [0.4, 0.5) is 5.69 Å². The second-order valence-corrected chi connectivity index (χ2v) is 3.21. The van der Waals surface area contributed by atoms with Crippen LogP contribution in [0.3, 0.4) is 0 Å². The molecule has 0 amide bonds. The predicted octanol–water partition coefficient (Wildman–Crippen LogP) is 0.619. The molecule has 1 fully saturated rings. The molecule has 0 saturated carbocycles. The van der Waals surface area contributed by atoms with Gasteiger partial charge in [-0.1, -0.05) is 0 Å². The molecule has 64 valence electrons. The Kier molecular flexibility index (Phi) is 1.96. The van der Waals surface area contributed by atoms with Gasteiger partial charge >= 0.3 is 0 Å². The third-order valence-corrected chi connectivity index (χ3v) is 2.24. The van der Waals surface area contributed by atoms with Gasteiger partial charge in [0, 0.05) is 25.3 Å². The summed E-state index contributed by atoms with van der Waals surface area (Å²) in [6, 6.07) is 4.37. The van der Waals surface area contributed by atoms with Gasteiger partial charge in [0.1, 0.15) is 0 Å². The van der Waals surface area contributed by atoms with E-state index in [0.29, 0.717) is 6.04 Å². The Morgan fingerprint density at radius 2 is 2.50 bits per heavy atom. The molecule has 1 aromatic heterocycles. The number of pyridine rings is 1. The van der Waals surface area contributed by atoms with E-state index in [1.54, 1.807) is 6.20 Å². The summed E-state index contributed by atoms with van der Waals surface area (Å²) in [4.78, 5) is 6.35. The average molecular weight is 163 g/mol. The van der Waals surface area contributed by atoms with Gasteiger partial charge in [-0.3, -0.25) is 4.98 Å². The summed E-state index contributed by atoms with van der Waals surface area (Å²) in [5.41, 5.74) is 6.99. The highest BCUT2D eigenvalue weighted by Gasteiger charge is 2.18. The normalized spacial score (nSPS) is 23.1. The first-order valence-electron chi connectivity index (χ1n) is 4.27. The highest BCUT2D eigenvalue weighted by Crippen LogP contribution is 2.17. The zero-order chi connectivity index (χ0) is 8.39. The fourth-order valence-corrected chi connectivity index (χ4v) is 1.56. The quantitative estimate of drug-likeness (QED) is 0.660. The molecule has 12 heavy (non-hydrogen) atoms. The molecule has 1 unspecified atom stereocenters. The monoisotopic (exact) mass is 163 g/mol. The zero-order valence-electron chi connectivity index (χ0n) is 6.98. The molecule has 0 radical (unpaired) electrons. The number of hydrogen-bond donors (Lipinski definition) is 1. The van der Waals surface area contributed by atoms with Gasteiger partial charge in [0.2, 0.25) is 0 Å². The van der Waals surface area contributed by atoms with Gasteiger partial charge in [0.15, 0.2) is 0 Å². The van der Waals surface area contributed by atoms with Crippen molar-refractivity contribution in [3.05, 3.63) is 24.5 Å². The molecule has 1 saturated heterocycles. The second kappa shape index (κ2) is 3.11. The summed E-state index contributed by atoms with van der Waals surface area (Å²) in [7, 11) is 0. The van der Waals surface area contributed by atoms with Crippen LogP contribution < -0.4 is 10.6 Å². The molecule has 0 aliphatic carbocycles. The lowest BCUT2D eigenvalue weighted by molar-refractivity contribution is 0.752. The van der Waals surface area contributed by atoms with Crippen LogP contribution in [-0.4, -0.2) is 24.1 Å². The van der Waals surface area contributed by atoms with Gasteiger partial charge in [-0.2, -0.15) is 0 Å². The van der Waals surface area contributed by atoms with Gasteiger partial charge in [0.05, 0.1) is 11.9 Å². The third-order valence-electron chi connectivity index (χ3n) is 2.24. The van der Waals surface area contributed by atoms with Gasteiger partial charge in [0.25, 0.3) is 0 Å². The first-order chi connectivity index (χ1) is 5.86. The Hall–Kier alpha value is -1.09. The lowest BCUT2D eigenvalue weighted by Gasteiger charge is -2.16. The smallest absolute Gasteiger partial charge is 0.0553 e. The lowest BCUT2D eigenvalue weighted by atomic mass is 10.3. The van der Waals surface area contributed by atoms with Crippen molar-refractivity contribution in [2.75, 3.05) is 18.0 Å². The Balaban J connectivity index is 2.11. The van der Waals surface area contributed by atoms with E-state index < -0.39 is 0 Å². The van der Waals surface area contributed by atoms with Crippen LogP contribution in [0.1, 0.15) is 6.42 Å². The first kappa shape index (κ1) is 7.55. The largest absolute Gasteiger partial charge is 0.369 e. The van der Waals surface area contributed by atoms with Crippen LogP contribution >= 0.6 is 0 Å². The molecule has 3 nitrogen and oxygen atoms in total. The number of anilines is 1. The zero-order valence-corrected chi connectivity index (χ0v) is 6.98. The molecule has 3 heteroatoms. The molecular weight excluding hydrogens is 150 g/mol. The van der Waals surface area contributed by atoms with Crippen molar-refractivity contribution in [1.82, 2.24) is 4.98 Å². The summed E-state index contributed by atoms with van der Waals surface area (Å²) in [5.74, 6) is 0. The predicted molar refractivity (Wildman–Crippen MR) is 49.0 cm³/mol. The maximum atomic E-state index is 5.80. The Bertz CT molecular complexity index is 247. The summed E-state index contributed by atoms with van der Waals surface area (Å²) < 4.78 is 0. The second-order valence-electron chi connectivity index (χ2n) is 3.21. The van der Waals surface area contributed by atoms with Crippen LogP contribution in [0, 0.1) is 0 Å². The van der Waals surface area contributed by atoms with E-state index in [1.165, 1.54) is 5.69 Å². The van der Waals surface area contributed by atoms with Crippen molar-refractivity contribution >= 4 is 5.69 Å². The van der Waals surface area contributed by atoms with Crippen LogP contribution in [0.5, 0.6) is 0 Å². The van der Waals surface area contributed by atoms with Crippen molar-refractivity contribution in [2.24, 2.45) is 5.73 Å². The number of hydrogen-bond acceptors (Lipinski definition) is 3. The molecule has 2 heterocycles. The van der Waals surface area contributed by atoms with E-state index >= 15 is 0 Å². The maximum Gasteiger partial charge on any atom is 0.0553 e. The standard InChI is InChI=1S/C9H13N3/c10-8-3-5-12(7-8)9-2-1-4-11-6-9/h1-2,4,6,8H,3,5,7,10H2. The number of rotatable bonds is 1. The van der Waals surface area contributed by atoms with Crippen molar-refractivity contribution in [3.8, 4) is 0 Å². The van der Waals surface area contributed by atoms with Gasteiger partial charge in [-0.05, 0) is 18.6 Å². The van der Waals surface area contributed by atoms with E-state index in [0.717, 1.165) is 19.5 Å². The van der Waals surface area contributed by atoms with E-state index in [4.69, 9.17) is 5.73 Å². The molecule has 1 atom stereocenters. The fourth-order valence-electron chi connectivity index (χ4n) is 1.56. The number of nitrogens with two attached hydrogens (primary N) is 1. The highest BCUT2D eigenvalue weighted by atomic mass is 15.2. The maximum absolute atomic E-state index is 5.80. The van der Waals surface area contributed by atoms with E-state index in [2.05, 4.69) is 16.0 Å². The van der Waals surface area contributed by atoms with E-state index in [9.17, 15) is 0 Å². The van der Waals surface area contributed by atoms with Crippen molar-refractivity contribution in [3.63, 3.8) is 0 Å². The van der Waals surface area contributed by atoms with Crippen molar-refractivity contribution in [2.45, 2.75) is 12.5 Å². The topological polar surface area (TPSA) is 42.1 Å². The fraction of sp³-hybridized carbons (Fsp3) is 0.444. The Labute approximate surface area is 72.2 Å². The molecule has 0 bridgehead atoms. The summed E-state index contributed by atoms with van der Waals surface area (Å²) in [5, 5.41) is 0. The summed E-state index contributed by atoms with van der Waals surface area (Å²) >= 11 is 0. The Morgan fingerprint density at radius 3 is 3.08 bits per heavy atom. The highest BCUT2D eigenvalue weighted by molar-refractivity contribution is 5.44. The minimum Gasteiger partial charge on any atom is -0.369 e. The Morgan fingerprint density at radius 1 is 1.58 bits per heavy atom. The average Bonchev–Trinajstić information content (AvgIpc) is 2.54. The molecule has 2 N–H and O–H groups in total. The SMILES string of the molecule is NC1CCN(c2cccnc2)C1. The van der Waals surface area contributed by atoms with Crippen LogP contribution in [0.25, 0.3) is 0 Å². The number of aromatic nitrogens is 1. The van der Waals surface area contributed by atoms with Crippen LogP contribution in [0.2, 0.25) is 0 Å². The molecule has 1 aromatic rings. The first-order valence-corrected chi connectivity index (χ1v) is 4.27. The molecular formula is C9H13N3. The summed E-state index contributed by atoms with van der Waals surface area (Å²) in [6.07, 6.45) is 4.77. The number of nitrogens with zero attached hydrogens (tertiary/aromatic N) is 2. The van der Waals surface area contributed by atoms with E-state index in [1.807, 2.05) is 12.3 Å². The van der Waals surface area contributed by atoms with Gasteiger partial charge < -0.3 is 10.6 Å². The summed E-state index contributed by atoms with van der Waals surface area (Å²) in [6.45, 7) is 2.03. The van der Waals surface area contributed by atoms with E-state index in [-0.39, 0.29) is 0 Å². The van der Waals surface area contributed by atoms with Gasteiger partial charge in [-0.25, -0.2) is 0 Å². The molecule has 0 aromatic carbocycles. The van der Waals surface area contributed by atoms with Crippen molar-refractivity contribution < 1.29 is 0 Å². The van der Waals surface area contributed by atoms with Crippen LogP contribution in [-0.2, 0) is 0 Å². The molecule has 0 spiro atoms. The molecule has 1 aliphatic heterocycles. The molecule has 2 rings (SSSR count). The molecule has 1 aliphatic rings. The van der Waals surface area contributed by atoms with Crippen molar-refractivity contribution in [1.29, 1.82) is 0 Å². The van der Waals surface area contributed by atoms with Crippen LogP contribution in [0.15, 0.2) is 24.5 Å². The third kappa shape index (κ3) is 1.41. The lowest BCUT2D eigenvalue weighted by Crippen LogP contribution is -2.26. The van der Waals surface area contributed by atoms with Gasteiger partial charge in [-0.15, -0.1) is 0 Å². The minimum absolute atomic E-state index is 0.338. The minimum atomic E-state index is 0.338.